The van der Waals surface area contributed by atoms with Gasteiger partial charge in [-0.15, -0.1) is 0 Å². The lowest BCUT2D eigenvalue weighted by atomic mass is 9.68. The Kier molecular flexibility index (Phi) is 4.38. The molecule has 1 aliphatic carbocycles. The molecule has 0 amide bonds. The molecule has 3 rings (SSSR count). The zero-order valence-electron chi connectivity index (χ0n) is 15.6. The van der Waals surface area contributed by atoms with Gasteiger partial charge in [0.05, 0.1) is 11.1 Å². The number of fused-ring (bicyclic) bond motifs is 1. The lowest BCUT2D eigenvalue weighted by molar-refractivity contribution is -0.137. The minimum Gasteiger partial charge on any atom is -0.508 e. The van der Waals surface area contributed by atoms with Crippen LogP contribution < -0.4 is 5.32 Å². The molecule has 0 aromatic heterocycles. The molecule has 1 saturated carbocycles. The normalized spacial score (nSPS) is 34.5. The molecule has 136 valence electrons. The minimum absolute atomic E-state index is 0.0220. The van der Waals surface area contributed by atoms with Crippen molar-refractivity contribution < 1.29 is 19.1 Å². The Bertz CT molecular complexity index is 566. The molecular formula is C18H31NO4Si. The number of aliphatic hydroxyl groups is 1. The van der Waals surface area contributed by atoms with Crippen molar-refractivity contribution in [3.8, 4) is 0 Å². The highest BCUT2D eigenvalue weighted by molar-refractivity contribution is 6.74. The molecule has 0 spiro atoms. The van der Waals surface area contributed by atoms with Crippen molar-refractivity contribution in [3.05, 3.63) is 11.3 Å². The van der Waals surface area contributed by atoms with Gasteiger partial charge in [-0.25, -0.2) is 4.79 Å². The average molecular weight is 354 g/mol. The smallest absolute Gasteiger partial charge is 0.339 e. The van der Waals surface area contributed by atoms with E-state index in [0.717, 1.165) is 32.2 Å². The molecule has 24 heavy (non-hydrogen) atoms. The summed E-state index contributed by atoms with van der Waals surface area (Å²) in [6.45, 7) is 12.3. The number of hydrogen-bond donors (Lipinski definition) is 2. The van der Waals surface area contributed by atoms with Gasteiger partial charge in [0.25, 0.3) is 0 Å². The van der Waals surface area contributed by atoms with Crippen LogP contribution in [0.5, 0.6) is 0 Å². The fraction of sp³-hybridized carbons (Fsp3) is 0.833. The Hall–Kier alpha value is -0.853. The predicted molar refractivity (Wildman–Crippen MR) is 95.4 cm³/mol. The summed E-state index contributed by atoms with van der Waals surface area (Å²) in [7, 11) is -1.79. The van der Waals surface area contributed by atoms with E-state index in [-0.39, 0.29) is 29.5 Å². The molecule has 3 aliphatic rings. The van der Waals surface area contributed by atoms with Crippen molar-refractivity contribution >= 4 is 14.3 Å². The van der Waals surface area contributed by atoms with E-state index in [0.29, 0.717) is 11.5 Å². The SMILES string of the molecule is CC(C)(C)[Si](C)(C)O[C@H]1CC[C@]2(C3=C(O)COC3=O)NCC[C@@H]2C1. The third-order valence-corrected chi connectivity index (χ3v) is 11.1. The summed E-state index contributed by atoms with van der Waals surface area (Å²) < 4.78 is 11.7. The number of cyclic esters (lactones) is 1. The Morgan fingerprint density at radius 2 is 2.04 bits per heavy atom. The Morgan fingerprint density at radius 3 is 2.62 bits per heavy atom. The molecule has 2 N–H and O–H groups in total. The Labute approximate surface area is 145 Å². The fourth-order valence-corrected chi connectivity index (χ4v) is 5.65. The second kappa shape index (κ2) is 5.85. The lowest BCUT2D eigenvalue weighted by Crippen LogP contribution is -2.54. The number of rotatable bonds is 3. The van der Waals surface area contributed by atoms with E-state index in [9.17, 15) is 9.90 Å². The number of carbonyl (C=O) groups is 1. The first-order valence-corrected chi connectivity index (χ1v) is 12.0. The standard InChI is InChI=1S/C18H31NO4Si/c1-17(2,3)24(4,5)23-13-6-8-18(12(10-13)7-9-19-18)15-14(20)11-22-16(15)21/h12-13,19-20H,6-11H2,1-5H3/t12-,13+,18+/m1/s1. The molecule has 0 radical (unpaired) electrons. The van der Waals surface area contributed by atoms with Gasteiger partial charge in [-0.1, -0.05) is 20.8 Å². The third kappa shape index (κ3) is 2.82. The monoisotopic (exact) mass is 353 g/mol. The molecule has 3 atom stereocenters. The van der Waals surface area contributed by atoms with Crippen molar-refractivity contribution in [2.24, 2.45) is 5.92 Å². The summed E-state index contributed by atoms with van der Waals surface area (Å²) in [5.41, 5.74) is 0.0705. The van der Waals surface area contributed by atoms with Gasteiger partial charge in [-0.05, 0) is 56.3 Å². The van der Waals surface area contributed by atoms with Crippen LogP contribution >= 0.6 is 0 Å². The van der Waals surface area contributed by atoms with Gasteiger partial charge in [0.2, 0.25) is 0 Å². The van der Waals surface area contributed by atoms with Crippen molar-refractivity contribution in [2.75, 3.05) is 13.2 Å². The second-order valence-corrected chi connectivity index (χ2v) is 13.8. The Balaban J connectivity index is 1.78. The van der Waals surface area contributed by atoms with Gasteiger partial charge in [0.1, 0.15) is 12.4 Å². The number of ether oxygens (including phenoxy) is 1. The van der Waals surface area contributed by atoms with Crippen LogP contribution in [0.25, 0.3) is 0 Å². The molecule has 1 saturated heterocycles. The van der Waals surface area contributed by atoms with Crippen LogP contribution in [-0.2, 0) is 14.0 Å². The van der Waals surface area contributed by atoms with Gasteiger partial charge in [0.15, 0.2) is 8.32 Å². The molecular weight excluding hydrogens is 322 g/mol. The molecule has 5 nitrogen and oxygen atoms in total. The zero-order valence-corrected chi connectivity index (χ0v) is 16.6. The maximum Gasteiger partial charge on any atom is 0.339 e. The predicted octanol–water partition coefficient (Wildman–Crippen LogP) is 3.28. The van der Waals surface area contributed by atoms with E-state index in [1.807, 2.05) is 0 Å². The van der Waals surface area contributed by atoms with Gasteiger partial charge in [-0.2, -0.15) is 0 Å². The largest absolute Gasteiger partial charge is 0.508 e. The van der Waals surface area contributed by atoms with Crippen LogP contribution in [0.2, 0.25) is 18.1 Å². The highest BCUT2D eigenvalue weighted by Gasteiger charge is 2.55. The molecule has 0 aromatic carbocycles. The molecule has 6 heteroatoms. The van der Waals surface area contributed by atoms with Gasteiger partial charge >= 0.3 is 5.97 Å². The first-order chi connectivity index (χ1) is 11.1. The summed E-state index contributed by atoms with van der Waals surface area (Å²) in [4.78, 5) is 12.2. The van der Waals surface area contributed by atoms with E-state index < -0.39 is 13.9 Å². The third-order valence-electron chi connectivity index (χ3n) is 6.58. The van der Waals surface area contributed by atoms with Crippen molar-refractivity contribution in [1.82, 2.24) is 5.32 Å². The fourth-order valence-electron chi connectivity index (χ4n) is 4.25. The summed E-state index contributed by atoms with van der Waals surface area (Å²) in [6, 6.07) is 0. The number of esters is 1. The number of carbonyl (C=O) groups excluding carboxylic acids is 1. The molecule has 0 bridgehead atoms. The van der Waals surface area contributed by atoms with Crippen LogP contribution in [0.1, 0.15) is 46.5 Å². The van der Waals surface area contributed by atoms with Crippen LogP contribution in [-0.4, -0.2) is 44.2 Å². The quantitative estimate of drug-likeness (QED) is 0.602. The number of nitrogens with one attached hydrogen (secondary N) is 1. The van der Waals surface area contributed by atoms with E-state index in [2.05, 4.69) is 39.2 Å². The van der Waals surface area contributed by atoms with E-state index in [1.165, 1.54) is 0 Å². The highest BCUT2D eigenvalue weighted by Crippen LogP contribution is 2.48. The summed E-state index contributed by atoms with van der Waals surface area (Å²) in [5.74, 6) is 0.0858. The van der Waals surface area contributed by atoms with E-state index in [1.54, 1.807) is 0 Å². The van der Waals surface area contributed by atoms with Crippen LogP contribution in [0.3, 0.4) is 0 Å². The maximum atomic E-state index is 12.2. The molecule has 0 aromatic rings. The van der Waals surface area contributed by atoms with Gasteiger partial charge in [-0.3, -0.25) is 0 Å². The molecule has 2 aliphatic heterocycles. The van der Waals surface area contributed by atoms with Crippen molar-refractivity contribution in [2.45, 2.75) is 76.2 Å². The van der Waals surface area contributed by atoms with Crippen LogP contribution in [0.15, 0.2) is 11.3 Å². The average Bonchev–Trinajstić information content (AvgIpc) is 3.01. The molecule has 0 unspecified atom stereocenters. The van der Waals surface area contributed by atoms with Crippen LogP contribution in [0.4, 0.5) is 0 Å². The number of hydrogen-bond acceptors (Lipinski definition) is 5. The first-order valence-electron chi connectivity index (χ1n) is 9.09. The lowest BCUT2D eigenvalue weighted by Gasteiger charge is -2.46. The first kappa shape index (κ1) is 18.0. The topological polar surface area (TPSA) is 67.8 Å². The summed E-state index contributed by atoms with van der Waals surface area (Å²) in [6.07, 6.45) is 3.96. The number of aliphatic hydroxyl groups excluding tert-OH is 1. The van der Waals surface area contributed by atoms with Gasteiger partial charge < -0.3 is 19.6 Å². The van der Waals surface area contributed by atoms with Crippen LogP contribution in [0, 0.1) is 5.92 Å². The minimum atomic E-state index is -1.79. The molecule has 2 fully saturated rings. The summed E-state index contributed by atoms with van der Waals surface area (Å²) in [5, 5.41) is 13.9. The Morgan fingerprint density at radius 1 is 1.33 bits per heavy atom. The highest BCUT2D eigenvalue weighted by atomic mass is 28.4. The second-order valence-electron chi connectivity index (χ2n) is 9.06. The molecule has 2 heterocycles. The van der Waals surface area contributed by atoms with E-state index >= 15 is 0 Å². The van der Waals surface area contributed by atoms with Crippen molar-refractivity contribution in [3.63, 3.8) is 0 Å². The summed E-state index contributed by atoms with van der Waals surface area (Å²) >= 11 is 0. The van der Waals surface area contributed by atoms with E-state index in [4.69, 9.17) is 9.16 Å². The zero-order chi connectivity index (χ0) is 17.8. The maximum absolute atomic E-state index is 12.2. The van der Waals surface area contributed by atoms with Crippen molar-refractivity contribution in [1.29, 1.82) is 0 Å². The van der Waals surface area contributed by atoms with Gasteiger partial charge in [0, 0.05) is 6.10 Å².